The van der Waals surface area contributed by atoms with Crippen LogP contribution in [0.3, 0.4) is 0 Å². The predicted octanol–water partition coefficient (Wildman–Crippen LogP) is 2.58. The summed E-state index contributed by atoms with van der Waals surface area (Å²) >= 11 is 11.6. The summed E-state index contributed by atoms with van der Waals surface area (Å²) in [6, 6.07) is 1.88. The van der Waals surface area contributed by atoms with Crippen LogP contribution in [0.2, 0.25) is 10.0 Å². The second-order valence-electron chi connectivity index (χ2n) is 4.26. The molecule has 0 heterocycles. The largest absolute Gasteiger partial charge is 0.478 e. The lowest BCUT2D eigenvalue weighted by Crippen LogP contribution is -2.36. The average molecular weight is 353 g/mol. The molecule has 1 rings (SSSR count). The van der Waals surface area contributed by atoms with Crippen LogP contribution < -0.4 is 10.6 Å². The fourth-order valence-corrected chi connectivity index (χ4v) is 2.24. The van der Waals surface area contributed by atoms with Gasteiger partial charge in [-0.1, -0.05) is 23.2 Å². The minimum Gasteiger partial charge on any atom is -0.478 e. The van der Waals surface area contributed by atoms with E-state index in [0.29, 0.717) is 0 Å². The van der Waals surface area contributed by atoms with Crippen LogP contribution in [-0.2, 0) is 10.8 Å². The van der Waals surface area contributed by atoms with E-state index in [9.17, 15) is 13.8 Å². The van der Waals surface area contributed by atoms with E-state index in [1.165, 1.54) is 18.4 Å². The van der Waals surface area contributed by atoms with Gasteiger partial charge in [-0.15, -0.1) is 0 Å². The molecule has 1 aromatic rings. The number of amides is 2. The Morgan fingerprint density at radius 2 is 2.00 bits per heavy atom. The molecule has 21 heavy (non-hydrogen) atoms. The topological polar surface area (TPSA) is 95.5 Å². The smallest absolute Gasteiger partial charge is 0.337 e. The van der Waals surface area contributed by atoms with Crippen LogP contribution in [0.15, 0.2) is 12.1 Å². The fraction of sp³-hybridized carbons (Fsp3) is 0.333. The van der Waals surface area contributed by atoms with E-state index in [1.807, 2.05) is 0 Å². The first kappa shape index (κ1) is 17.7. The fourth-order valence-electron chi connectivity index (χ4n) is 1.38. The number of hydrogen-bond donors (Lipinski definition) is 3. The number of rotatable bonds is 5. The maximum absolute atomic E-state index is 11.7. The molecule has 2 atom stereocenters. The third-order valence-electron chi connectivity index (χ3n) is 2.64. The monoisotopic (exact) mass is 352 g/mol. The first-order valence-corrected chi connectivity index (χ1v) is 8.19. The van der Waals surface area contributed by atoms with E-state index in [-0.39, 0.29) is 33.1 Å². The summed E-state index contributed by atoms with van der Waals surface area (Å²) in [5, 5.41) is 13.9. The number of aromatic carboxylic acids is 1. The van der Waals surface area contributed by atoms with E-state index in [4.69, 9.17) is 28.3 Å². The van der Waals surface area contributed by atoms with Crippen molar-refractivity contribution in [1.82, 2.24) is 5.32 Å². The van der Waals surface area contributed by atoms with Crippen LogP contribution in [0.1, 0.15) is 17.3 Å². The number of benzene rings is 1. The van der Waals surface area contributed by atoms with Gasteiger partial charge in [0.1, 0.15) is 0 Å². The molecule has 0 aliphatic heterocycles. The van der Waals surface area contributed by atoms with Crippen molar-refractivity contribution in [2.75, 3.05) is 18.1 Å². The maximum Gasteiger partial charge on any atom is 0.337 e. The summed E-state index contributed by atoms with van der Waals surface area (Å²) in [5.74, 6) is -1.27. The zero-order valence-corrected chi connectivity index (χ0v) is 13.6. The van der Waals surface area contributed by atoms with Crippen molar-refractivity contribution in [2.24, 2.45) is 0 Å². The summed E-state index contributed by atoms with van der Waals surface area (Å²) in [6.45, 7) is 1.90. The Hall–Kier alpha value is -1.31. The highest BCUT2D eigenvalue weighted by molar-refractivity contribution is 7.84. The number of nitrogens with one attached hydrogen (secondary N) is 2. The number of carboxylic acids is 1. The van der Waals surface area contributed by atoms with Gasteiger partial charge in [0, 0.05) is 33.9 Å². The van der Waals surface area contributed by atoms with E-state index in [1.54, 1.807) is 6.92 Å². The lowest BCUT2D eigenvalue weighted by molar-refractivity contribution is 0.0698. The number of urea groups is 1. The van der Waals surface area contributed by atoms with Crippen LogP contribution >= 0.6 is 23.2 Å². The van der Waals surface area contributed by atoms with Crippen molar-refractivity contribution in [3.8, 4) is 0 Å². The van der Waals surface area contributed by atoms with Crippen molar-refractivity contribution in [3.63, 3.8) is 0 Å². The molecule has 0 bridgehead atoms. The second-order valence-corrected chi connectivity index (χ2v) is 6.91. The van der Waals surface area contributed by atoms with Crippen molar-refractivity contribution in [3.05, 3.63) is 27.7 Å². The number of anilines is 1. The Morgan fingerprint density at radius 3 is 2.52 bits per heavy atom. The maximum atomic E-state index is 11.7. The lowest BCUT2D eigenvalue weighted by Gasteiger charge is -2.13. The molecule has 3 N–H and O–H groups in total. The summed E-state index contributed by atoms with van der Waals surface area (Å²) in [6.07, 6.45) is 1.53. The molecule has 0 spiro atoms. The number of carbonyl (C=O) groups excluding carboxylic acids is 1. The van der Waals surface area contributed by atoms with Crippen LogP contribution in [-0.4, -0.2) is 39.4 Å². The quantitative estimate of drug-likeness (QED) is 0.758. The number of carboxylic acid groups (broad SMARTS) is 1. The highest BCUT2D eigenvalue weighted by Crippen LogP contribution is 2.30. The van der Waals surface area contributed by atoms with E-state index in [0.717, 1.165) is 0 Å². The van der Waals surface area contributed by atoms with Crippen LogP contribution in [0.5, 0.6) is 0 Å². The summed E-state index contributed by atoms with van der Waals surface area (Å²) in [7, 11) is -1.07. The summed E-state index contributed by atoms with van der Waals surface area (Å²) < 4.78 is 11.2. The lowest BCUT2D eigenvalue weighted by atomic mass is 10.2. The molecular weight excluding hydrogens is 339 g/mol. The molecule has 9 heteroatoms. The molecule has 0 aliphatic carbocycles. The van der Waals surface area contributed by atoms with E-state index < -0.39 is 22.8 Å². The Kier molecular flexibility index (Phi) is 6.44. The molecule has 0 saturated heterocycles. The molecule has 0 aliphatic rings. The van der Waals surface area contributed by atoms with Gasteiger partial charge < -0.3 is 15.7 Å². The standard InChI is InChI=1S/C12H14Cl2N2O4S/c1-6(21(2)20)5-15-12(19)16-10-8(11(17)18)3-7(13)4-9(10)14/h3-4,6H,5H2,1-2H3,(H,17,18)(H2,15,16,19). The molecule has 2 unspecified atom stereocenters. The molecule has 6 nitrogen and oxygen atoms in total. The predicted molar refractivity (Wildman–Crippen MR) is 84.0 cm³/mol. The molecule has 0 radical (unpaired) electrons. The first-order valence-electron chi connectivity index (χ1n) is 5.81. The first-order chi connectivity index (χ1) is 9.72. The zero-order valence-electron chi connectivity index (χ0n) is 11.3. The molecule has 1 aromatic carbocycles. The average Bonchev–Trinajstić information content (AvgIpc) is 2.38. The van der Waals surface area contributed by atoms with Gasteiger partial charge in [0.25, 0.3) is 0 Å². The van der Waals surface area contributed by atoms with Gasteiger partial charge >= 0.3 is 12.0 Å². The van der Waals surface area contributed by atoms with Crippen LogP contribution in [0.4, 0.5) is 10.5 Å². The highest BCUT2D eigenvalue weighted by atomic mass is 35.5. The summed E-state index contributed by atoms with van der Waals surface area (Å²) in [4.78, 5) is 22.9. The van der Waals surface area contributed by atoms with Crippen molar-refractivity contribution in [2.45, 2.75) is 12.2 Å². The molecule has 0 aromatic heterocycles. The molecule has 0 saturated carbocycles. The second kappa shape index (κ2) is 7.63. The van der Waals surface area contributed by atoms with Gasteiger partial charge in [-0.2, -0.15) is 0 Å². The molecule has 116 valence electrons. The van der Waals surface area contributed by atoms with Crippen molar-refractivity contribution < 1.29 is 18.9 Å². The van der Waals surface area contributed by atoms with Gasteiger partial charge in [-0.05, 0) is 19.1 Å². The van der Waals surface area contributed by atoms with Gasteiger partial charge in [0.05, 0.1) is 16.3 Å². The van der Waals surface area contributed by atoms with Crippen LogP contribution in [0, 0.1) is 0 Å². The molecule has 0 fully saturated rings. The highest BCUT2D eigenvalue weighted by Gasteiger charge is 2.17. The third-order valence-corrected chi connectivity index (χ3v) is 4.46. The van der Waals surface area contributed by atoms with Crippen molar-refractivity contribution in [1.29, 1.82) is 0 Å². The Balaban J connectivity index is 2.85. The Labute approximate surface area is 134 Å². The number of hydrogen-bond acceptors (Lipinski definition) is 3. The summed E-state index contributed by atoms with van der Waals surface area (Å²) in [5.41, 5.74) is -0.258. The molecular formula is C12H14Cl2N2O4S. The zero-order chi connectivity index (χ0) is 16.2. The van der Waals surface area contributed by atoms with E-state index >= 15 is 0 Å². The minimum absolute atomic E-state index is 0.0159. The normalized spacial score (nSPS) is 13.3. The third kappa shape index (κ3) is 5.18. The Bertz CT molecular complexity index is 595. The van der Waals surface area contributed by atoms with E-state index in [2.05, 4.69) is 10.6 Å². The minimum atomic E-state index is -1.27. The number of halogens is 2. The number of carbonyl (C=O) groups is 2. The van der Waals surface area contributed by atoms with Crippen molar-refractivity contribution >= 4 is 51.7 Å². The van der Waals surface area contributed by atoms with Gasteiger partial charge in [0.2, 0.25) is 0 Å². The van der Waals surface area contributed by atoms with Gasteiger partial charge in [-0.25, -0.2) is 9.59 Å². The SMILES string of the molecule is CC(CNC(=O)Nc1c(Cl)cc(Cl)cc1C(=O)O)S(C)=O. The van der Waals surface area contributed by atoms with Gasteiger partial charge in [-0.3, -0.25) is 4.21 Å². The van der Waals surface area contributed by atoms with Gasteiger partial charge in [0.15, 0.2) is 0 Å². The van der Waals surface area contributed by atoms with Crippen LogP contribution in [0.25, 0.3) is 0 Å². The Morgan fingerprint density at radius 1 is 1.38 bits per heavy atom. The molecule has 2 amide bonds.